The number of anilines is 1. The number of sulfonamides is 1. The molecule has 2 amide bonds. The summed E-state index contributed by atoms with van der Waals surface area (Å²) in [6.07, 6.45) is 0.297. The highest BCUT2D eigenvalue weighted by Crippen LogP contribution is 2.31. The maximum Gasteiger partial charge on any atom is 0.264 e. The van der Waals surface area contributed by atoms with Crippen molar-refractivity contribution in [2.75, 3.05) is 24.5 Å². The van der Waals surface area contributed by atoms with Crippen LogP contribution in [0.1, 0.15) is 31.4 Å². The first-order valence-electron chi connectivity index (χ1n) is 12.9. The van der Waals surface area contributed by atoms with Crippen molar-refractivity contribution >= 4 is 66.7 Å². The van der Waals surface area contributed by atoms with Crippen LogP contribution in [0, 0.1) is 6.92 Å². The molecule has 0 aliphatic rings. The van der Waals surface area contributed by atoms with Gasteiger partial charge in [-0.15, -0.1) is 0 Å². The van der Waals surface area contributed by atoms with E-state index in [1.807, 2.05) is 6.92 Å². The maximum absolute atomic E-state index is 14.1. The predicted molar refractivity (Wildman–Crippen MR) is 166 cm³/mol. The van der Waals surface area contributed by atoms with Gasteiger partial charge in [-0.2, -0.15) is 0 Å². The third-order valence-electron chi connectivity index (χ3n) is 6.40. The second-order valence-electron chi connectivity index (χ2n) is 9.22. The van der Waals surface area contributed by atoms with Crippen LogP contribution in [0.4, 0.5) is 5.69 Å². The zero-order valence-electron chi connectivity index (χ0n) is 23.2. The van der Waals surface area contributed by atoms with Gasteiger partial charge < -0.3 is 15.0 Å². The lowest BCUT2D eigenvalue weighted by Crippen LogP contribution is -2.52. The molecule has 0 aliphatic heterocycles. The summed E-state index contributed by atoms with van der Waals surface area (Å²) >= 11 is 15.8. The molecule has 0 saturated carbocycles. The first kappa shape index (κ1) is 32.7. The Hall–Kier alpha value is -2.79. The van der Waals surface area contributed by atoms with Gasteiger partial charge in [0.25, 0.3) is 10.0 Å². The molecule has 12 heteroatoms. The number of carbonyl (C=O) groups excluding carboxylic acids is 2. The monoisotopic (exact) mass is 683 g/mol. The number of carbonyl (C=O) groups is 2. The molecule has 3 aromatic carbocycles. The van der Waals surface area contributed by atoms with Crippen LogP contribution in [0.15, 0.2) is 70.0 Å². The van der Waals surface area contributed by atoms with Crippen LogP contribution in [-0.4, -0.2) is 51.4 Å². The van der Waals surface area contributed by atoms with Crippen molar-refractivity contribution in [2.45, 2.75) is 44.7 Å². The lowest BCUT2D eigenvalue weighted by Gasteiger charge is -2.33. The molecule has 0 aromatic heterocycles. The number of hydrogen-bond donors (Lipinski definition) is 1. The first-order valence-corrected chi connectivity index (χ1v) is 15.9. The van der Waals surface area contributed by atoms with Crippen LogP contribution in [0.3, 0.4) is 0 Å². The Morgan fingerprint density at radius 2 is 1.71 bits per heavy atom. The van der Waals surface area contributed by atoms with Gasteiger partial charge in [-0.05, 0) is 84.2 Å². The zero-order chi connectivity index (χ0) is 30.3. The highest BCUT2D eigenvalue weighted by molar-refractivity contribution is 9.10. The number of methoxy groups -OCH3 is 1. The largest absolute Gasteiger partial charge is 0.496 e. The number of hydrogen-bond acceptors (Lipinski definition) is 5. The summed E-state index contributed by atoms with van der Waals surface area (Å²) in [5.74, 6) is -0.469. The van der Waals surface area contributed by atoms with Gasteiger partial charge in [0.05, 0.1) is 22.2 Å². The average Bonchev–Trinajstić information content (AvgIpc) is 2.93. The summed E-state index contributed by atoms with van der Waals surface area (Å²) < 4.78 is 34.8. The molecule has 0 unspecified atom stereocenters. The van der Waals surface area contributed by atoms with Gasteiger partial charge >= 0.3 is 0 Å². The van der Waals surface area contributed by atoms with Gasteiger partial charge in [0, 0.05) is 23.1 Å². The standard InChI is InChI=1S/C29H32BrCl2N3O5S/c1-5-26(29(37)33-6-2)34(17-20-9-10-21(31)15-25(20)32)28(36)18-35(22-11-7-19(3)8-12-22)41(38,39)23-13-14-27(40-4)24(30)16-23/h7-16,26H,5-6,17-18H2,1-4H3,(H,33,37)/t26-/m1/s1. The van der Waals surface area contributed by atoms with Gasteiger partial charge in [-0.1, -0.05) is 53.9 Å². The van der Waals surface area contributed by atoms with Crippen LogP contribution in [0.5, 0.6) is 5.75 Å². The number of nitrogens with zero attached hydrogens (tertiary/aromatic N) is 2. The van der Waals surface area contributed by atoms with Crippen molar-refractivity contribution in [1.82, 2.24) is 10.2 Å². The number of nitrogens with one attached hydrogen (secondary N) is 1. The van der Waals surface area contributed by atoms with Gasteiger partial charge in [-0.25, -0.2) is 8.42 Å². The molecule has 0 aliphatic carbocycles. The molecule has 0 spiro atoms. The van der Waals surface area contributed by atoms with Crippen molar-refractivity contribution in [3.63, 3.8) is 0 Å². The van der Waals surface area contributed by atoms with Crippen molar-refractivity contribution in [3.05, 3.63) is 86.3 Å². The third kappa shape index (κ3) is 7.94. The van der Waals surface area contributed by atoms with Gasteiger partial charge in [0.2, 0.25) is 11.8 Å². The third-order valence-corrected chi connectivity index (χ3v) is 9.38. The maximum atomic E-state index is 14.1. The Bertz CT molecular complexity index is 1500. The molecule has 220 valence electrons. The lowest BCUT2D eigenvalue weighted by atomic mass is 10.1. The van der Waals surface area contributed by atoms with Crippen LogP contribution in [-0.2, 0) is 26.2 Å². The van der Waals surface area contributed by atoms with E-state index in [0.717, 1.165) is 9.87 Å². The van der Waals surface area contributed by atoms with Crippen LogP contribution >= 0.6 is 39.1 Å². The number of ether oxygens (including phenoxy) is 1. The summed E-state index contributed by atoms with van der Waals surface area (Å²) in [7, 11) is -2.76. The van der Waals surface area contributed by atoms with E-state index in [1.54, 1.807) is 56.3 Å². The van der Waals surface area contributed by atoms with E-state index in [9.17, 15) is 18.0 Å². The minimum atomic E-state index is -4.24. The number of likely N-dealkylation sites (N-methyl/N-ethyl adjacent to an activating group) is 1. The minimum Gasteiger partial charge on any atom is -0.496 e. The minimum absolute atomic E-state index is 0.0274. The fourth-order valence-corrected chi connectivity index (χ4v) is 6.82. The molecular formula is C29H32BrCl2N3O5S. The van der Waals surface area contributed by atoms with E-state index < -0.39 is 28.5 Å². The molecule has 0 fully saturated rings. The van der Waals surface area contributed by atoms with Gasteiger partial charge in [0.15, 0.2) is 0 Å². The Morgan fingerprint density at radius 1 is 1.02 bits per heavy atom. The van der Waals surface area contributed by atoms with E-state index in [4.69, 9.17) is 27.9 Å². The molecule has 1 atom stereocenters. The molecule has 1 N–H and O–H groups in total. The quantitative estimate of drug-likeness (QED) is 0.245. The Labute approximate surface area is 259 Å². The Morgan fingerprint density at radius 3 is 2.27 bits per heavy atom. The summed E-state index contributed by atoms with van der Waals surface area (Å²) in [4.78, 5) is 28.4. The molecule has 0 radical (unpaired) electrons. The van der Waals surface area contributed by atoms with Crippen LogP contribution in [0.2, 0.25) is 10.0 Å². The predicted octanol–water partition coefficient (Wildman–Crippen LogP) is 6.21. The molecular weight excluding hydrogens is 653 g/mol. The molecule has 3 rings (SSSR count). The first-order chi connectivity index (χ1) is 19.4. The highest BCUT2D eigenvalue weighted by atomic mass is 79.9. The number of halogens is 3. The van der Waals surface area contributed by atoms with E-state index >= 15 is 0 Å². The van der Waals surface area contributed by atoms with Crippen LogP contribution in [0.25, 0.3) is 0 Å². The lowest BCUT2D eigenvalue weighted by molar-refractivity contribution is -0.140. The molecule has 0 heterocycles. The zero-order valence-corrected chi connectivity index (χ0v) is 27.1. The Balaban J connectivity index is 2.10. The topological polar surface area (TPSA) is 96.0 Å². The SMILES string of the molecule is CCNC(=O)[C@@H](CC)N(Cc1ccc(Cl)cc1Cl)C(=O)CN(c1ccc(C)cc1)S(=O)(=O)c1ccc(OC)c(Br)c1. The van der Waals surface area contributed by atoms with Crippen molar-refractivity contribution < 1.29 is 22.7 Å². The summed E-state index contributed by atoms with van der Waals surface area (Å²) in [6.45, 7) is 5.23. The highest BCUT2D eigenvalue weighted by Gasteiger charge is 2.34. The van der Waals surface area contributed by atoms with E-state index in [1.165, 1.54) is 30.2 Å². The van der Waals surface area contributed by atoms with Crippen molar-refractivity contribution in [3.8, 4) is 5.75 Å². The molecule has 0 bridgehead atoms. The average molecular weight is 685 g/mol. The van der Waals surface area contributed by atoms with Crippen molar-refractivity contribution in [1.29, 1.82) is 0 Å². The number of aryl methyl sites for hydroxylation is 1. The fraction of sp³-hybridized carbons (Fsp3) is 0.310. The van der Waals surface area contributed by atoms with Gasteiger partial charge in [-0.3, -0.25) is 13.9 Å². The molecule has 0 saturated heterocycles. The smallest absolute Gasteiger partial charge is 0.264 e. The second-order valence-corrected chi connectivity index (χ2v) is 12.8. The Kier molecular flexibility index (Phi) is 11.5. The molecule has 41 heavy (non-hydrogen) atoms. The summed E-state index contributed by atoms with van der Waals surface area (Å²) in [5, 5.41) is 3.52. The van der Waals surface area contributed by atoms with E-state index in [0.29, 0.717) is 44.5 Å². The van der Waals surface area contributed by atoms with E-state index in [2.05, 4.69) is 21.2 Å². The number of amides is 2. The van der Waals surface area contributed by atoms with Crippen LogP contribution < -0.4 is 14.4 Å². The second kappa shape index (κ2) is 14.4. The number of rotatable bonds is 12. The summed E-state index contributed by atoms with van der Waals surface area (Å²) in [6, 6.07) is 15.2. The van der Waals surface area contributed by atoms with E-state index in [-0.39, 0.29) is 17.3 Å². The van der Waals surface area contributed by atoms with Crippen molar-refractivity contribution in [2.24, 2.45) is 0 Å². The number of benzene rings is 3. The molecule has 3 aromatic rings. The van der Waals surface area contributed by atoms with Gasteiger partial charge in [0.1, 0.15) is 18.3 Å². The fourth-order valence-electron chi connectivity index (χ4n) is 4.22. The molecule has 8 nitrogen and oxygen atoms in total. The summed E-state index contributed by atoms with van der Waals surface area (Å²) in [5.41, 5.74) is 1.79. The normalized spacial score (nSPS) is 12.0.